The average molecular weight is 394 g/mol. The molecular formula is C15H12BrN3O5. The molecule has 24 heavy (non-hydrogen) atoms. The first-order valence-electron chi connectivity index (χ1n) is 6.68. The van der Waals surface area contributed by atoms with E-state index >= 15 is 0 Å². The lowest BCUT2D eigenvalue weighted by Crippen LogP contribution is -2.43. The number of rotatable bonds is 5. The number of carbonyl (C=O) groups is 2. The minimum atomic E-state index is -0.654. The molecule has 2 amide bonds. The molecule has 2 rings (SSSR count). The normalized spacial score (nSPS) is 9.88. The van der Waals surface area contributed by atoms with Crippen LogP contribution >= 0.6 is 15.9 Å². The van der Waals surface area contributed by atoms with Gasteiger partial charge in [-0.15, -0.1) is 0 Å². The number of halogens is 1. The SMILES string of the molecule is O=C(COc1ccccc1[N+](=O)[O-])NNC(=O)c1ccc(Br)cc1. The first-order valence-corrected chi connectivity index (χ1v) is 7.47. The summed E-state index contributed by atoms with van der Waals surface area (Å²) in [6.45, 7) is -0.481. The number of nitrogens with zero attached hydrogens (tertiary/aromatic N) is 1. The van der Waals surface area contributed by atoms with Gasteiger partial charge in [-0.3, -0.25) is 30.6 Å². The first kappa shape index (κ1) is 17.4. The molecule has 0 atom stereocenters. The van der Waals surface area contributed by atoms with Gasteiger partial charge in [0.05, 0.1) is 4.92 Å². The summed E-state index contributed by atoms with van der Waals surface area (Å²) < 4.78 is 5.92. The van der Waals surface area contributed by atoms with Crippen molar-refractivity contribution in [3.8, 4) is 5.75 Å². The molecule has 0 unspecified atom stereocenters. The number of para-hydroxylation sites is 2. The van der Waals surface area contributed by atoms with E-state index in [2.05, 4.69) is 26.8 Å². The van der Waals surface area contributed by atoms with Crippen LogP contribution in [0.4, 0.5) is 5.69 Å². The Bertz CT molecular complexity index is 764. The van der Waals surface area contributed by atoms with E-state index in [4.69, 9.17) is 4.74 Å². The molecule has 0 heterocycles. The number of ether oxygens (including phenoxy) is 1. The number of benzene rings is 2. The second-order valence-corrected chi connectivity index (χ2v) is 5.44. The van der Waals surface area contributed by atoms with Crippen LogP contribution < -0.4 is 15.6 Å². The van der Waals surface area contributed by atoms with Gasteiger partial charge in [-0.1, -0.05) is 28.1 Å². The van der Waals surface area contributed by atoms with Gasteiger partial charge in [-0.25, -0.2) is 0 Å². The summed E-state index contributed by atoms with van der Waals surface area (Å²) in [6, 6.07) is 12.2. The van der Waals surface area contributed by atoms with E-state index in [0.29, 0.717) is 5.56 Å². The molecule has 2 N–H and O–H groups in total. The molecule has 0 fully saturated rings. The minimum Gasteiger partial charge on any atom is -0.477 e. The molecule has 124 valence electrons. The van der Waals surface area contributed by atoms with Gasteiger partial charge in [0.15, 0.2) is 12.4 Å². The Morgan fingerprint density at radius 1 is 1.08 bits per heavy atom. The van der Waals surface area contributed by atoms with Gasteiger partial charge in [-0.2, -0.15) is 0 Å². The Labute approximate surface area is 145 Å². The largest absolute Gasteiger partial charge is 0.477 e. The number of hydrogen-bond acceptors (Lipinski definition) is 5. The molecule has 0 aliphatic rings. The molecule has 2 aromatic carbocycles. The lowest BCUT2D eigenvalue weighted by molar-refractivity contribution is -0.385. The van der Waals surface area contributed by atoms with Crippen LogP contribution in [-0.4, -0.2) is 23.3 Å². The maximum Gasteiger partial charge on any atom is 0.310 e. The maximum atomic E-state index is 11.8. The van der Waals surface area contributed by atoms with Gasteiger partial charge < -0.3 is 4.74 Å². The summed E-state index contributed by atoms with van der Waals surface area (Å²) in [4.78, 5) is 33.7. The van der Waals surface area contributed by atoms with E-state index in [1.807, 2.05) is 0 Å². The lowest BCUT2D eigenvalue weighted by Gasteiger charge is -2.09. The highest BCUT2D eigenvalue weighted by atomic mass is 79.9. The van der Waals surface area contributed by atoms with Crippen molar-refractivity contribution < 1.29 is 19.2 Å². The third-order valence-electron chi connectivity index (χ3n) is 2.84. The fourth-order valence-corrected chi connectivity index (χ4v) is 1.97. The highest BCUT2D eigenvalue weighted by Crippen LogP contribution is 2.25. The maximum absolute atomic E-state index is 11.8. The van der Waals surface area contributed by atoms with E-state index in [9.17, 15) is 19.7 Å². The smallest absolute Gasteiger partial charge is 0.310 e. The molecule has 0 bridgehead atoms. The summed E-state index contributed by atoms with van der Waals surface area (Å²) >= 11 is 3.25. The topological polar surface area (TPSA) is 111 Å². The van der Waals surface area contributed by atoms with E-state index in [0.717, 1.165) is 4.47 Å². The second-order valence-electron chi connectivity index (χ2n) is 4.52. The lowest BCUT2D eigenvalue weighted by atomic mass is 10.2. The van der Waals surface area contributed by atoms with Gasteiger partial charge in [0, 0.05) is 16.1 Å². The van der Waals surface area contributed by atoms with Gasteiger partial charge in [0.2, 0.25) is 0 Å². The van der Waals surface area contributed by atoms with Crippen LogP contribution in [0.5, 0.6) is 5.75 Å². The zero-order valence-corrected chi connectivity index (χ0v) is 13.8. The fourth-order valence-electron chi connectivity index (χ4n) is 1.71. The molecule has 0 aromatic heterocycles. The van der Waals surface area contributed by atoms with Gasteiger partial charge in [-0.05, 0) is 30.3 Å². The Balaban J connectivity index is 1.85. The first-order chi connectivity index (χ1) is 11.5. The zero-order valence-electron chi connectivity index (χ0n) is 12.2. The number of nitro benzene ring substituents is 1. The summed E-state index contributed by atoms with van der Waals surface area (Å²) in [6.07, 6.45) is 0. The number of nitro groups is 1. The van der Waals surface area contributed by atoms with Crippen LogP contribution in [0.25, 0.3) is 0 Å². The van der Waals surface area contributed by atoms with Crippen molar-refractivity contribution in [2.45, 2.75) is 0 Å². The van der Waals surface area contributed by atoms with Crippen LogP contribution in [0.15, 0.2) is 53.0 Å². The Hall–Kier alpha value is -2.94. The predicted octanol–water partition coefficient (Wildman–Crippen LogP) is 2.20. The van der Waals surface area contributed by atoms with Crippen LogP contribution in [0, 0.1) is 10.1 Å². The van der Waals surface area contributed by atoms with Gasteiger partial charge in [0.1, 0.15) is 0 Å². The van der Waals surface area contributed by atoms with Crippen LogP contribution in [0.2, 0.25) is 0 Å². The fraction of sp³-hybridized carbons (Fsp3) is 0.0667. The predicted molar refractivity (Wildman–Crippen MR) is 88.3 cm³/mol. The van der Waals surface area contributed by atoms with E-state index < -0.39 is 23.3 Å². The molecule has 0 aliphatic heterocycles. The van der Waals surface area contributed by atoms with Crippen molar-refractivity contribution in [2.75, 3.05) is 6.61 Å². The quantitative estimate of drug-likeness (QED) is 0.597. The van der Waals surface area contributed by atoms with Crippen LogP contribution in [-0.2, 0) is 4.79 Å². The van der Waals surface area contributed by atoms with E-state index in [1.54, 1.807) is 30.3 Å². The number of hydrazine groups is 1. The molecule has 0 radical (unpaired) electrons. The molecule has 0 aliphatic carbocycles. The van der Waals surface area contributed by atoms with Crippen molar-refractivity contribution in [1.82, 2.24) is 10.9 Å². The third kappa shape index (κ3) is 4.78. The van der Waals surface area contributed by atoms with Crippen molar-refractivity contribution in [1.29, 1.82) is 0 Å². The van der Waals surface area contributed by atoms with Crippen molar-refractivity contribution in [3.63, 3.8) is 0 Å². The monoisotopic (exact) mass is 393 g/mol. The molecule has 0 saturated heterocycles. The standard InChI is InChI=1S/C15H12BrN3O5/c16-11-7-5-10(6-8-11)15(21)18-17-14(20)9-24-13-4-2-1-3-12(13)19(22)23/h1-8H,9H2,(H,17,20)(H,18,21). The van der Waals surface area contributed by atoms with Crippen molar-refractivity contribution in [3.05, 3.63) is 68.7 Å². The van der Waals surface area contributed by atoms with E-state index in [1.165, 1.54) is 18.2 Å². The highest BCUT2D eigenvalue weighted by Gasteiger charge is 2.15. The Morgan fingerprint density at radius 3 is 2.42 bits per heavy atom. The summed E-state index contributed by atoms with van der Waals surface area (Å²) in [7, 11) is 0. The summed E-state index contributed by atoms with van der Waals surface area (Å²) in [5, 5.41) is 10.8. The summed E-state index contributed by atoms with van der Waals surface area (Å²) in [5.41, 5.74) is 4.51. The molecule has 0 spiro atoms. The molecule has 0 saturated carbocycles. The second kappa shape index (κ2) is 8.06. The molecule has 9 heteroatoms. The van der Waals surface area contributed by atoms with Crippen molar-refractivity contribution in [2.24, 2.45) is 0 Å². The van der Waals surface area contributed by atoms with Crippen molar-refractivity contribution >= 4 is 33.4 Å². The number of nitrogens with one attached hydrogen (secondary N) is 2. The zero-order chi connectivity index (χ0) is 17.5. The van der Waals surface area contributed by atoms with Crippen LogP contribution in [0.3, 0.4) is 0 Å². The van der Waals surface area contributed by atoms with Gasteiger partial charge >= 0.3 is 5.69 Å². The molecular weight excluding hydrogens is 382 g/mol. The van der Waals surface area contributed by atoms with Crippen LogP contribution in [0.1, 0.15) is 10.4 Å². The minimum absolute atomic E-state index is 0.0307. The summed E-state index contributed by atoms with van der Waals surface area (Å²) in [5.74, 6) is -1.18. The number of hydrogen-bond donors (Lipinski definition) is 2. The molecule has 8 nitrogen and oxygen atoms in total. The number of amides is 2. The molecule has 2 aromatic rings. The van der Waals surface area contributed by atoms with E-state index in [-0.39, 0.29) is 11.4 Å². The third-order valence-corrected chi connectivity index (χ3v) is 3.37. The average Bonchev–Trinajstić information content (AvgIpc) is 2.58. The Morgan fingerprint density at radius 2 is 1.75 bits per heavy atom. The highest BCUT2D eigenvalue weighted by molar-refractivity contribution is 9.10. The Kier molecular flexibility index (Phi) is 5.85. The number of carbonyl (C=O) groups excluding carboxylic acids is 2. The van der Waals surface area contributed by atoms with Gasteiger partial charge in [0.25, 0.3) is 11.8 Å².